The number of aromatic nitrogens is 3. The van der Waals surface area contributed by atoms with Gasteiger partial charge in [-0.3, -0.25) is 0 Å². The van der Waals surface area contributed by atoms with E-state index in [0.29, 0.717) is 61.0 Å². The monoisotopic (exact) mass is 721 g/mol. The van der Waals surface area contributed by atoms with E-state index in [2.05, 4.69) is 41.5 Å². The lowest BCUT2D eigenvalue weighted by atomic mass is 10.1. The molecule has 8 nitrogen and oxygen atoms in total. The van der Waals surface area contributed by atoms with Gasteiger partial charge >= 0.3 is 0 Å². The summed E-state index contributed by atoms with van der Waals surface area (Å²) in [5.74, 6) is 0.211. The Morgan fingerprint density at radius 2 is 1.78 bits per heavy atom. The van der Waals surface area contributed by atoms with Gasteiger partial charge in [0.05, 0.1) is 26.3 Å². The van der Waals surface area contributed by atoms with Crippen LogP contribution in [0, 0.1) is 11.6 Å². The summed E-state index contributed by atoms with van der Waals surface area (Å²) in [6.45, 7) is 0.800. The van der Waals surface area contributed by atoms with E-state index in [0.717, 1.165) is 0 Å². The highest BCUT2D eigenvalue weighted by Gasteiger charge is 2.16. The van der Waals surface area contributed by atoms with Crippen LogP contribution >= 0.6 is 27.3 Å². The summed E-state index contributed by atoms with van der Waals surface area (Å²) in [5, 5.41) is 9.44. The number of nitrogens with zero attached hydrogens (tertiary/aromatic N) is 3. The van der Waals surface area contributed by atoms with Gasteiger partial charge in [0, 0.05) is 41.2 Å². The van der Waals surface area contributed by atoms with Crippen LogP contribution in [0.3, 0.4) is 0 Å². The average molecular weight is 723 g/mol. The molecular formula is C33H26BrF2N5O3S2. The van der Waals surface area contributed by atoms with Gasteiger partial charge in [-0.15, -0.1) is 11.3 Å². The maximum absolute atomic E-state index is 15.2. The molecule has 0 aliphatic heterocycles. The summed E-state index contributed by atoms with van der Waals surface area (Å²) >= 11 is 4.88. The fraction of sp³-hybridized carbons (Fsp3) is 0.121. The standard InChI is InChI=1S/C33H26BrF2N5O3S2/c34-27-14-23(9-10-31(27)44-18-21-5-4-6-22(35)13-21)40-33-26-15-25(28(36)16-29(26)38-20-39-33)30-19-45-32(41-30)17-37-11-12-46(42,43)24-7-2-1-3-8-24/h1-10,13-16,19-20,37H,11-12,17-18H2,(H,38,39,40). The first-order valence-electron chi connectivity index (χ1n) is 14.1. The van der Waals surface area contributed by atoms with Crippen molar-refractivity contribution in [1.82, 2.24) is 20.3 Å². The van der Waals surface area contributed by atoms with Crippen molar-refractivity contribution in [2.45, 2.75) is 18.0 Å². The van der Waals surface area contributed by atoms with Gasteiger partial charge in [0.25, 0.3) is 0 Å². The molecule has 0 fully saturated rings. The molecule has 0 unspecified atom stereocenters. The third kappa shape index (κ3) is 7.56. The Kier molecular flexibility index (Phi) is 9.64. The molecule has 0 amide bonds. The van der Waals surface area contributed by atoms with Crippen LogP contribution in [0.25, 0.3) is 22.2 Å². The predicted molar refractivity (Wildman–Crippen MR) is 179 cm³/mol. The molecule has 0 spiro atoms. The molecule has 0 aliphatic carbocycles. The molecule has 0 bridgehead atoms. The number of anilines is 2. The van der Waals surface area contributed by atoms with Crippen molar-refractivity contribution in [2.24, 2.45) is 0 Å². The lowest BCUT2D eigenvalue weighted by molar-refractivity contribution is 0.303. The van der Waals surface area contributed by atoms with E-state index in [9.17, 15) is 12.8 Å². The van der Waals surface area contributed by atoms with E-state index < -0.39 is 15.7 Å². The smallest absolute Gasteiger partial charge is 0.179 e. The third-order valence-corrected chi connectivity index (χ3v) is 10.2. The minimum atomic E-state index is -3.39. The first-order chi connectivity index (χ1) is 22.2. The SMILES string of the molecule is O=S(=O)(CCNCc1nc(-c2cc3c(Nc4ccc(OCc5cccc(F)c5)c(Br)c4)ncnc3cc2F)cs1)c1ccccc1. The minimum Gasteiger partial charge on any atom is -0.488 e. The first-order valence-corrected chi connectivity index (χ1v) is 17.4. The van der Waals surface area contributed by atoms with Crippen LogP contribution in [-0.4, -0.2) is 35.7 Å². The molecule has 46 heavy (non-hydrogen) atoms. The highest BCUT2D eigenvalue weighted by Crippen LogP contribution is 2.34. The summed E-state index contributed by atoms with van der Waals surface area (Å²) in [5.41, 5.74) is 2.58. The minimum absolute atomic E-state index is 0.0500. The Bertz CT molecular complexity index is 2110. The molecule has 234 valence electrons. The van der Waals surface area contributed by atoms with E-state index in [-0.39, 0.29) is 29.6 Å². The normalized spacial score (nSPS) is 11.5. The Hall–Kier alpha value is -4.30. The van der Waals surface area contributed by atoms with E-state index >= 15 is 4.39 Å². The lowest BCUT2D eigenvalue weighted by Gasteiger charge is -2.13. The number of thiazole rings is 1. The molecule has 4 aromatic carbocycles. The zero-order valence-electron chi connectivity index (χ0n) is 24.1. The zero-order valence-corrected chi connectivity index (χ0v) is 27.3. The molecule has 2 aromatic heterocycles. The number of nitrogens with one attached hydrogen (secondary N) is 2. The molecule has 0 radical (unpaired) electrons. The molecular weight excluding hydrogens is 696 g/mol. The van der Waals surface area contributed by atoms with Gasteiger partial charge in [-0.05, 0) is 70.0 Å². The van der Waals surface area contributed by atoms with Crippen molar-refractivity contribution in [3.63, 3.8) is 0 Å². The summed E-state index contributed by atoms with van der Waals surface area (Å²) in [6, 6.07) is 23.0. The van der Waals surface area contributed by atoms with E-state index in [1.165, 1.54) is 35.9 Å². The largest absolute Gasteiger partial charge is 0.488 e. The molecule has 0 atom stereocenters. The maximum atomic E-state index is 15.2. The van der Waals surface area contributed by atoms with Gasteiger partial charge in [0.1, 0.15) is 41.1 Å². The fourth-order valence-electron chi connectivity index (χ4n) is 4.66. The van der Waals surface area contributed by atoms with Gasteiger partial charge in [0.2, 0.25) is 0 Å². The molecule has 13 heteroatoms. The number of sulfone groups is 1. The number of benzene rings is 4. The summed E-state index contributed by atoms with van der Waals surface area (Å²) in [7, 11) is -3.39. The third-order valence-electron chi connectivity index (χ3n) is 6.96. The van der Waals surface area contributed by atoms with Crippen molar-refractivity contribution in [3.8, 4) is 17.0 Å². The van der Waals surface area contributed by atoms with E-state index in [1.54, 1.807) is 60.0 Å². The Labute approximate surface area is 276 Å². The van der Waals surface area contributed by atoms with Crippen LogP contribution in [0.4, 0.5) is 20.3 Å². The number of halogens is 3. The van der Waals surface area contributed by atoms with Crippen molar-refractivity contribution in [2.75, 3.05) is 17.6 Å². The summed E-state index contributed by atoms with van der Waals surface area (Å²) in [4.78, 5) is 13.5. The van der Waals surface area contributed by atoms with Crippen LogP contribution in [0.5, 0.6) is 5.75 Å². The van der Waals surface area contributed by atoms with Gasteiger partial charge in [-0.25, -0.2) is 32.2 Å². The second-order valence-corrected chi connectivity index (χ2v) is 14.1. The number of ether oxygens (including phenoxy) is 1. The number of hydrogen-bond donors (Lipinski definition) is 2. The van der Waals surface area contributed by atoms with Crippen LogP contribution in [0.15, 0.2) is 106 Å². The molecule has 0 saturated carbocycles. The van der Waals surface area contributed by atoms with Crippen LogP contribution in [-0.2, 0) is 23.0 Å². The van der Waals surface area contributed by atoms with Crippen LogP contribution < -0.4 is 15.4 Å². The number of rotatable bonds is 12. The van der Waals surface area contributed by atoms with Crippen LogP contribution in [0.1, 0.15) is 10.6 Å². The Morgan fingerprint density at radius 3 is 2.59 bits per heavy atom. The lowest BCUT2D eigenvalue weighted by Crippen LogP contribution is -2.22. The van der Waals surface area contributed by atoms with Crippen molar-refractivity contribution in [3.05, 3.63) is 123 Å². The Morgan fingerprint density at radius 1 is 0.935 bits per heavy atom. The topological polar surface area (TPSA) is 106 Å². The highest BCUT2D eigenvalue weighted by molar-refractivity contribution is 9.10. The molecule has 6 rings (SSSR count). The van der Waals surface area contributed by atoms with Gasteiger partial charge in [-0.2, -0.15) is 0 Å². The zero-order chi connectivity index (χ0) is 32.1. The second kappa shape index (κ2) is 14.0. The van der Waals surface area contributed by atoms with Crippen LogP contribution in [0.2, 0.25) is 0 Å². The van der Waals surface area contributed by atoms with Crippen molar-refractivity contribution in [1.29, 1.82) is 0 Å². The Balaban J connectivity index is 1.13. The van der Waals surface area contributed by atoms with Gasteiger partial charge in [-0.1, -0.05) is 30.3 Å². The second-order valence-electron chi connectivity index (χ2n) is 10.2. The number of fused-ring (bicyclic) bond motifs is 1. The predicted octanol–water partition coefficient (Wildman–Crippen LogP) is 7.68. The first kappa shape index (κ1) is 31.7. The summed E-state index contributed by atoms with van der Waals surface area (Å²) < 4.78 is 60.3. The van der Waals surface area contributed by atoms with E-state index in [1.807, 2.05) is 12.1 Å². The molecule has 2 N–H and O–H groups in total. The summed E-state index contributed by atoms with van der Waals surface area (Å²) in [6.07, 6.45) is 1.36. The molecule has 2 heterocycles. The fourth-order valence-corrected chi connectivity index (χ4v) is 7.13. The maximum Gasteiger partial charge on any atom is 0.179 e. The van der Waals surface area contributed by atoms with Gasteiger partial charge < -0.3 is 15.4 Å². The van der Waals surface area contributed by atoms with Crippen molar-refractivity contribution < 1.29 is 21.9 Å². The van der Waals surface area contributed by atoms with E-state index in [4.69, 9.17) is 4.74 Å². The number of hydrogen-bond acceptors (Lipinski definition) is 9. The van der Waals surface area contributed by atoms with Gasteiger partial charge in [0.15, 0.2) is 9.84 Å². The molecule has 6 aromatic rings. The molecule has 0 aliphatic rings. The quantitative estimate of drug-likeness (QED) is 0.124. The average Bonchev–Trinajstić information content (AvgIpc) is 3.52. The van der Waals surface area contributed by atoms with Crippen molar-refractivity contribution >= 4 is 59.5 Å². The molecule has 0 saturated heterocycles. The highest BCUT2D eigenvalue weighted by atomic mass is 79.9.